The number of hydrogen-bond acceptors (Lipinski definition) is 1. The molecule has 4 heteroatoms. The number of hydrogen-bond donors (Lipinski definition) is 1. The summed E-state index contributed by atoms with van der Waals surface area (Å²) < 4.78 is 13.0. The minimum absolute atomic E-state index is 0.0710. The predicted octanol–water partition coefficient (Wildman–Crippen LogP) is 5.21. The maximum atomic E-state index is 13.0. The van der Waals surface area contributed by atoms with Crippen molar-refractivity contribution in [2.75, 3.05) is 5.88 Å². The van der Waals surface area contributed by atoms with Crippen LogP contribution in [-0.4, -0.2) is 19.0 Å². The van der Waals surface area contributed by atoms with Crippen LogP contribution in [0.15, 0.2) is 30.3 Å². The molecule has 0 heterocycles. The summed E-state index contributed by atoms with van der Waals surface area (Å²) in [6.07, 6.45) is 3.70. The van der Waals surface area contributed by atoms with E-state index in [9.17, 15) is 9.19 Å². The van der Waals surface area contributed by atoms with Crippen molar-refractivity contribution in [1.29, 1.82) is 0 Å². The summed E-state index contributed by atoms with van der Waals surface area (Å²) in [6.45, 7) is 8.16. The van der Waals surface area contributed by atoms with E-state index in [1.54, 1.807) is 12.1 Å². The Labute approximate surface area is 127 Å². The number of allylic oxidation sites excluding steroid dienone is 2. The molecule has 1 aromatic carbocycles. The molecule has 0 aliphatic rings. The van der Waals surface area contributed by atoms with Gasteiger partial charge >= 0.3 is 0 Å². The first-order chi connectivity index (χ1) is 9.17. The van der Waals surface area contributed by atoms with Gasteiger partial charge in [-0.25, -0.2) is 4.39 Å². The van der Waals surface area contributed by atoms with Crippen molar-refractivity contribution in [3.8, 4) is 0 Å². The van der Waals surface area contributed by atoms with Crippen molar-refractivity contribution >= 4 is 25.5 Å². The van der Waals surface area contributed by atoms with E-state index in [-0.39, 0.29) is 10.9 Å². The van der Waals surface area contributed by atoms with Gasteiger partial charge in [-0.2, -0.15) is 0 Å². The third-order valence-corrected chi connectivity index (χ3v) is 7.93. The van der Waals surface area contributed by atoms with E-state index in [2.05, 4.69) is 13.8 Å². The van der Waals surface area contributed by atoms with Gasteiger partial charge in [0.2, 0.25) is 0 Å². The number of alkyl halides is 1. The molecule has 0 fully saturated rings. The van der Waals surface area contributed by atoms with Crippen LogP contribution in [0, 0.1) is 5.82 Å². The van der Waals surface area contributed by atoms with E-state index in [0.717, 1.165) is 24.0 Å². The lowest BCUT2D eigenvalue weighted by Crippen LogP contribution is -2.38. The molecule has 0 radical (unpaired) electrons. The minimum Gasteiger partial charge on any atom is -0.432 e. The molecule has 112 valence electrons. The summed E-state index contributed by atoms with van der Waals surface area (Å²) >= 11 is 5.83. The lowest BCUT2D eigenvalue weighted by molar-refractivity contribution is 0.454. The molecule has 1 rings (SSSR count). The largest absolute Gasteiger partial charge is 0.432 e. The van der Waals surface area contributed by atoms with Gasteiger partial charge in [0.1, 0.15) is 5.82 Å². The predicted molar refractivity (Wildman–Crippen MR) is 88.1 cm³/mol. The molecule has 0 atom stereocenters. The third-order valence-electron chi connectivity index (χ3n) is 4.21. The lowest BCUT2D eigenvalue weighted by atomic mass is 9.96. The Kier molecular flexibility index (Phi) is 5.99. The fourth-order valence-corrected chi connectivity index (χ4v) is 2.80. The highest BCUT2D eigenvalue weighted by Crippen LogP contribution is 2.41. The van der Waals surface area contributed by atoms with Gasteiger partial charge in [-0.05, 0) is 54.2 Å². The van der Waals surface area contributed by atoms with Gasteiger partial charge in [0.05, 0.1) is 0 Å². The molecular formula is C16H24ClFOSi. The molecule has 0 bridgehead atoms. The molecule has 0 aromatic heterocycles. The van der Waals surface area contributed by atoms with Gasteiger partial charge < -0.3 is 4.80 Å². The van der Waals surface area contributed by atoms with E-state index in [4.69, 9.17) is 11.6 Å². The SMILES string of the molecule is CC(C)(CC/C(=C\CCl)c1ccc(F)cc1)[Si](C)(C)O. The first kappa shape index (κ1) is 17.4. The molecule has 1 nitrogen and oxygen atoms in total. The summed E-state index contributed by atoms with van der Waals surface area (Å²) in [5.41, 5.74) is 2.12. The van der Waals surface area contributed by atoms with Gasteiger partial charge in [0, 0.05) is 5.88 Å². The molecule has 1 N–H and O–H groups in total. The molecule has 20 heavy (non-hydrogen) atoms. The Balaban J connectivity index is 2.85. The van der Waals surface area contributed by atoms with E-state index in [1.807, 2.05) is 19.2 Å². The fraction of sp³-hybridized carbons (Fsp3) is 0.500. The summed E-state index contributed by atoms with van der Waals surface area (Å²) in [5.74, 6) is 0.204. The summed E-state index contributed by atoms with van der Waals surface area (Å²) in [5, 5.41) is -0.0710. The minimum atomic E-state index is -2.20. The molecule has 0 amide bonds. The van der Waals surface area contributed by atoms with E-state index in [0.29, 0.717) is 5.88 Å². The van der Waals surface area contributed by atoms with Gasteiger partial charge in [-0.15, -0.1) is 11.6 Å². The molecule has 1 aromatic rings. The Bertz CT molecular complexity index is 460. The van der Waals surface area contributed by atoms with Crippen LogP contribution in [0.1, 0.15) is 32.3 Å². The second kappa shape index (κ2) is 6.88. The summed E-state index contributed by atoms with van der Waals surface area (Å²) in [7, 11) is -2.20. The van der Waals surface area contributed by atoms with Crippen molar-refractivity contribution in [1.82, 2.24) is 0 Å². The Morgan fingerprint density at radius 2 is 1.85 bits per heavy atom. The zero-order chi connectivity index (χ0) is 15.4. The van der Waals surface area contributed by atoms with Crippen LogP contribution in [0.3, 0.4) is 0 Å². The average Bonchev–Trinajstić information content (AvgIpc) is 2.34. The summed E-state index contributed by atoms with van der Waals surface area (Å²) in [4.78, 5) is 10.3. The standard InChI is InChI=1S/C16H24ClFOSi/c1-16(2,20(3,4)19)11-9-14(10-12-17)13-5-7-15(18)8-6-13/h5-8,10,19H,9,11-12H2,1-4H3/b14-10+. The van der Waals surface area contributed by atoms with Crippen molar-refractivity contribution in [3.63, 3.8) is 0 Å². The number of benzene rings is 1. The average molecular weight is 315 g/mol. The maximum Gasteiger partial charge on any atom is 0.188 e. The van der Waals surface area contributed by atoms with Crippen LogP contribution in [0.2, 0.25) is 18.1 Å². The van der Waals surface area contributed by atoms with Gasteiger partial charge in [0.25, 0.3) is 0 Å². The highest BCUT2D eigenvalue weighted by atomic mass is 35.5. The first-order valence-corrected chi connectivity index (χ1v) is 10.4. The van der Waals surface area contributed by atoms with Gasteiger partial charge in [-0.1, -0.05) is 32.1 Å². The fourth-order valence-electron chi connectivity index (χ4n) is 1.87. The van der Waals surface area contributed by atoms with Crippen molar-refractivity contribution in [2.24, 2.45) is 0 Å². The van der Waals surface area contributed by atoms with Crippen molar-refractivity contribution in [2.45, 2.75) is 44.8 Å². The number of rotatable bonds is 6. The maximum absolute atomic E-state index is 13.0. The first-order valence-electron chi connectivity index (χ1n) is 6.91. The highest BCUT2D eigenvalue weighted by molar-refractivity contribution is 6.72. The Morgan fingerprint density at radius 3 is 2.30 bits per heavy atom. The van der Waals surface area contributed by atoms with Crippen LogP contribution in [-0.2, 0) is 0 Å². The molecule has 0 spiro atoms. The molecule has 0 aliphatic carbocycles. The quantitative estimate of drug-likeness (QED) is 0.565. The third kappa shape index (κ3) is 4.72. The van der Waals surface area contributed by atoms with Crippen LogP contribution >= 0.6 is 11.6 Å². The van der Waals surface area contributed by atoms with E-state index in [1.165, 1.54) is 12.1 Å². The molecule has 0 saturated carbocycles. The monoisotopic (exact) mass is 314 g/mol. The van der Waals surface area contributed by atoms with E-state index >= 15 is 0 Å². The lowest BCUT2D eigenvalue weighted by Gasteiger charge is -2.35. The highest BCUT2D eigenvalue weighted by Gasteiger charge is 2.37. The molecule has 0 aliphatic heterocycles. The van der Waals surface area contributed by atoms with Crippen LogP contribution in [0.4, 0.5) is 4.39 Å². The van der Waals surface area contributed by atoms with Gasteiger partial charge in [-0.3, -0.25) is 0 Å². The summed E-state index contributed by atoms with van der Waals surface area (Å²) in [6, 6.07) is 6.49. The molecule has 0 unspecified atom stereocenters. The zero-order valence-corrected chi connectivity index (χ0v) is 14.5. The van der Waals surface area contributed by atoms with Crippen LogP contribution in [0.5, 0.6) is 0 Å². The zero-order valence-electron chi connectivity index (χ0n) is 12.7. The number of halogens is 2. The Hall–Kier alpha value is -0.643. The Morgan fingerprint density at radius 1 is 1.30 bits per heavy atom. The molecular weight excluding hydrogens is 291 g/mol. The van der Waals surface area contributed by atoms with E-state index < -0.39 is 8.32 Å². The van der Waals surface area contributed by atoms with Gasteiger partial charge in [0.15, 0.2) is 8.32 Å². The van der Waals surface area contributed by atoms with Crippen LogP contribution in [0.25, 0.3) is 5.57 Å². The van der Waals surface area contributed by atoms with Crippen molar-refractivity contribution < 1.29 is 9.19 Å². The normalized spacial score (nSPS) is 13.7. The van der Waals surface area contributed by atoms with Crippen molar-refractivity contribution in [3.05, 3.63) is 41.7 Å². The van der Waals surface area contributed by atoms with Crippen LogP contribution < -0.4 is 0 Å². The smallest absolute Gasteiger partial charge is 0.188 e. The molecule has 0 saturated heterocycles. The second-order valence-corrected chi connectivity index (χ2v) is 11.1. The second-order valence-electron chi connectivity index (χ2n) is 6.33. The topological polar surface area (TPSA) is 20.2 Å².